The molecule has 4 rings (SSSR count). The summed E-state index contributed by atoms with van der Waals surface area (Å²) in [5.41, 5.74) is 3.04. The van der Waals surface area contributed by atoms with Crippen LogP contribution in [0.4, 0.5) is 0 Å². The zero-order valence-corrected chi connectivity index (χ0v) is 20.2. The lowest BCUT2D eigenvalue weighted by molar-refractivity contribution is -0.140. The summed E-state index contributed by atoms with van der Waals surface area (Å²) >= 11 is 0. The topological polar surface area (TPSA) is 89.0 Å². The number of ketones is 1. The first-order valence-electron chi connectivity index (χ1n) is 11.3. The van der Waals surface area contributed by atoms with E-state index in [0.717, 1.165) is 16.7 Å². The lowest BCUT2D eigenvalue weighted by Crippen LogP contribution is -2.29. The highest BCUT2D eigenvalue weighted by Gasteiger charge is 2.46. The molecule has 1 N–H and O–H groups in total. The second-order valence-electron chi connectivity index (χ2n) is 8.68. The Hall–Kier alpha value is -4.13. The number of pyridine rings is 1. The molecule has 180 valence electrons. The van der Waals surface area contributed by atoms with E-state index < -0.39 is 17.7 Å². The molecule has 2 aromatic carbocycles. The van der Waals surface area contributed by atoms with Gasteiger partial charge in [-0.05, 0) is 46.9 Å². The third-order valence-corrected chi connectivity index (χ3v) is 6.19. The summed E-state index contributed by atoms with van der Waals surface area (Å²) < 4.78 is 10.6. The number of hydrogen-bond donors (Lipinski definition) is 1. The quantitative estimate of drug-likeness (QED) is 0.301. The van der Waals surface area contributed by atoms with E-state index in [1.165, 1.54) is 19.1 Å². The molecule has 0 spiro atoms. The zero-order chi connectivity index (χ0) is 25.1. The Morgan fingerprint density at radius 1 is 1.03 bits per heavy atom. The Morgan fingerprint density at radius 2 is 1.74 bits per heavy atom. The number of carbonyl (C=O) groups excluding carboxylic acids is 2. The monoisotopic (exact) mass is 472 g/mol. The van der Waals surface area contributed by atoms with E-state index in [0.29, 0.717) is 23.0 Å². The van der Waals surface area contributed by atoms with E-state index in [9.17, 15) is 14.7 Å². The van der Waals surface area contributed by atoms with Crippen LogP contribution in [-0.4, -0.2) is 40.9 Å². The van der Waals surface area contributed by atoms with Gasteiger partial charge in [-0.1, -0.05) is 44.2 Å². The van der Waals surface area contributed by atoms with Gasteiger partial charge in [0.15, 0.2) is 11.5 Å². The first-order valence-corrected chi connectivity index (χ1v) is 11.3. The number of nitrogens with zero attached hydrogens (tertiary/aromatic N) is 2. The smallest absolute Gasteiger partial charge is 0.295 e. The van der Waals surface area contributed by atoms with Crippen LogP contribution in [0.1, 0.15) is 48.1 Å². The van der Waals surface area contributed by atoms with Crippen LogP contribution in [0.15, 0.2) is 72.6 Å². The molecule has 0 aliphatic carbocycles. The molecule has 1 saturated heterocycles. The van der Waals surface area contributed by atoms with Gasteiger partial charge < -0.3 is 19.5 Å². The van der Waals surface area contributed by atoms with Gasteiger partial charge in [0, 0.05) is 24.5 Å². The second-order valence-corrected chi connectivity index (χ2v) is 8.68. The zero-order valence-electron chi connectivity index (χ0n) is 20.2. The third kappa shape index (κ3) is 4.62. The van der Waals surface area contributed by atoms with Gasteiger partial charge in [0.2, 0.25) is 0 Å². The highest BCUT2D eigenvalue weighted by molar-refractivity contribution is 6.46. The van der Waals surface area contributed by atoms with Crippen LogP contribution < -0.4 is 9.47 Å². The number of carbonyl (C=O) groups is 2. The predicted octanol–water partition coefficient (Wildman–Crippen LogP) is 4.84. The number of ether oxygens (including phenoxy) is 2. The van der Waals surface area contributed by atoms with Gasteiger partial charge in [0.05, 0.1) is 25.8 Å². The normalized spacial score (nSPS) is 17.2. The van der Waals surface area contributed by atoms with Crippen molar-refractivity contribution in [2.45, 2.75) is 32.4 Å². The van der Waals surface area contributed by atoms with Crippen molar-refractivity contribution in [3.8, 4) is 11.5 Å². The minimum absolute atomic E-state index is 0.0309. The summed E-state index contributed by atoms with van der Waals surface area (Å²) in [6, 6.07) is 15.5. The minimum atomic E-state index is -0.760. The maximum absolute atomic E-state index is 13.3. The second kappa shape index (κ2) is 10.0. The SMILES string of the molecule is COc1ccc(/C(O)=C2\C(=O)C(=O)N(Cc3cccnc3)[C@@H]2c2ccc(C(C)C)cc2)cc1OC. The van der Waals surface area contributed by atoms with E-state index in [1.54, 1.807) is 36.7 Å². The average Bonchev–Trinajstić information content (AvgIpc) is 3.13. The predicted molar refractivity (Wildman–Crippen MR) is 132 cm³/mol. The van der Waals surface area contributed by atoms with Crippen LogP contribution in [0, 0.1) is 0 Å². The van der Waals surface area contributed by atoms with Crippen LogP contribution >= 0.6 is 0 Å². The number of methoxy groups -OCH3 is 2. The number of Topliss-reactive ketones (excluding diaryl/α,β-unsaturated/α-hetero) is 1. The molecule has 35 heavy (non-hydrogen) atoms. The lowest BCUT2D eigenvalue weighted by atomic mass is 9.93. The fraction of sp³-hybridized carbons (Fsp3) is 0.250. The van der Waals surface area contributed by atoms with Gasteiger partial charge in [0.1, 0.15) is 5.76 Å². The van der Waals surface area contributed by atoms with Gasteiger partial charge in [-0.2, -0.15) is 0 Å². The highest BCUT2D eigenvalue weighted by Crippen LogP contribution is 2.41. The average molecular weight is 473 g/mol. The Labute approximate surface area is 204 Å². The Balaban J connectivity index is 1.86. The number of amides is 1. The van der Waals surface area contributed by atoms with E-state index in [2.05, 4.69) is 18.8 Å². The van der Waals surface area contributed by atoms with E-state index in [-0.39, 0.29) is 17.9 Å². The fourth-order valence-electron chi connectivity index (χ4n) is 4.28. The fourth-order valence-corrected chi connectivity index (χ4v) is 4.28. The molecule has 1 aromatic heterocycles. The molecule has 0 radical (unpaired) electrons. The van der Waals surface area contributed by atoms with Crippen molar-refractivity contribution in [3.05, 3.63) is 94.8 Å². The van der Waals surface area contributed by atoms with Crippen LogP contribution in [-0.2, 0) is 16.1 Å². The van der Waals surface area contributed by atoms with Crippen molar-refractivity contribution >= 4 is 17.4 Å². The molecule has 7 nitrogen and oxygen atoms in total. The highest BCUT2D eigenvalue weighted by atomic mass is 16.5. The summed E-state index contributed by atoms with van der Waals surface area (Å²) in [7, 11) is 3.01. The lowest BCUT2D eigenvalue weighted by Gasteiger charge is -2.25. The van der Waals surface area contributed by atoms with Crippen LogP contribution in [0.25, 0.3) is 5.76 Å². The summed E-state index contributed by atoms with van der Waals surface area (Å²) in [6.45, 7) is 4.37. The van der Waals surface area contributed by atoms with Crippen molar-refractivity contribution in [2.75, 3.05) is 14.2 Å². The molecule has 2 heterocycles. The Kier molecular flexibility index (Phi) is 6.87. The molecule has 1 atom stereocenters. The third-order valence-electron chi connectivity index (χ3n) is 6.19. The molecule has 7 heteroatoms. The maximum atomic E-state index is 13.3. The molecule has 0 unspecified atom stereocenters. The number of likely N-dealkylation sites (tertiary alicyclic amines) is 1. The van der Waals surface area contributed by atoms with Crippen LogP contribution in [0.2, 0.25) is 0 Å². The largest absolute Gasteiger partial charge is 0.507 e. The van der Waals surface area contributed by atoms with Gasteiger partial charge in [-0.25, -0.2) is 0 Å². The molecule has 1 amide bonds. The standard InChI is InChI=1S/C28H28N2O5/c1-17(2)19-7-9-20(10-8-19)25-24(26(31)21-11-12-22(34-3)23(14-21)35-4)27(32)28(33)30(25)16-18-6-5-13-29-15-18/h5-15,17,25,31H,16H2,1-4H3/b26-24+/t25-/m1/s1. The van der Waals surface area contributed by atoms with Crippen molar-refractivity contribution in [1.82, 2.24) is 9.88 Å². The van der Waals surface area contributed by atoms with Gasteiger partial charge >= 0.3 is 0 Å². The van der Waals surface area contributed by atoms with Crippen molar-refractivity contribution in [1.29, 1.82) is 0 Å². The minimum Gasteiger partial charge on any atom is -0.507 e. The van der Waals surface area contributed by atoms with E-state index in [1.807, 2.05) is 30.3 Å². The molecule has 0 bridgehead atoms. The van der Waals surface area contributed by atoms with Gasteiger partial charge in [0.25, 0.3) is 11.7 Å². The number of aliphatic hydroxyl groups excluding tert-OH is 1. The molecular formula is C28H28N2O5. The van der Waals surface area contributed by atoms with Crippen molar-refractivity contribution in [2.24, 2.45) is 0 Å². The van der Waals surface area contributed by atoms with Gasteiger partial charge in [-0.15, -0.1) is 0 Å². The Morgan fingerprint density at radius 3 is 2.34 bits per heavy atom. The van der Waals surface area contributed by atoms with Crippen LogP contribution in [0.5, 0.6) is 11.5 Å². The summed E-state index contributed by atoms with van der Waals surface area (Å²) in [5.74, 6) is -0.456. The first-order chi connectivity index (χ1) is 16.8. The summed E-state index contributed by atoms with van der Waals surface area (Å²) in [5, 5.41) is 11.3. The van der Waals surface area contributed by atoms with Gasteiger partial charge in [-0.3, -0.25) is 14.6 Å². The molecule has 1 aliphatic heterocycles. The molecular weight excluding hydrogens is 444 g/mol. The van der Waals surface area contributed by atoms with Crippen LogP contribution in [0.3, 0.4) is 0 Å². The maximum Gasteiger partial charge on any atom is 0.295 e. The van der Waals surface area contributed by atoms with Crippen molar-refractivity contribution in [3.63, 3.8) is 0 Å². The van der Waals surface area contributed by atoms with E-state index in [4.69, 9.17) is 9.47 Å². The van der Waals surface area contributed by atoms with Crippen molar-refractivity contribution < 1.29 is 24.2 Å². The molecule has 1 aliphatic rings. The molecule has 3 aromatic rings. The Bertz CT molecular complexity index is 1270. The molecule has 1 fully saturated rings. The summed E-state index contributed by atoms with van der Waals surface area (Å²) in [4.78, 5) is 32.1. The number of aliphatic hydroxyl groups is 1. The summed E-state index contributed by atoms with van der Waals surface area (Å²) in [6.07, 6.45) is 3.31. The number of hydrogen-bond acceptors (Lipinski definition) is 6. The first kappa shape index (κ1) is 24.0. The number of benzene rings is 2. The number of rotatable bonds is 7. The number of aromatic nitrogens is 1. The molecule has 0 saturated carbocycles. The van der Waals surface area contributed by atoms with E-state index >= 15 is 0 Å².